The second-order valence-corrected chi connectivity index (χ2v) is 11.9. The molecule has 10 atom stereocenters. The zero-order valence-corrected chi connectivity index (χ0v) is 17.1. The molecule has 0 aromatic rings. The van der Waals surface area contributed by atoms with E-state index in [0.717, 1.165) is 58.2 Å². The Morgan fingerprint density at radius 3 is 2.04 bits per heavy atom. The van der Waals surface area contributed by atoms with Crippen LogP contribution in [0.25, 0.3) is 0 Å². The van der Waals surface area contributed by atoms with Gasteiger partial charge in [-0.25, -0.2) is 0 Å². The first-order chi connectivity index (χ1) is 11.3. The third-order valence-corrected chi connectivity index (χ3v) is 11.2. The van der Waals surface area contributed by atoms with Crippen molar-refractivity contribution in [3.63, 3.8) is 0 Å². The van der Waals surface area contributed by atoms with Gasteiger partial charge in [0.25, 0.3) is 0 Å². The van der Waals surface area contributed by atoms with Crippen LogP contribution in [0.1, 0.15) is 86.5 Å². The lowest BCUT2D eigenvalue weighted by atomic mass is 9.27. The van der Waals surface area contributed by atoms with E-state index >= 15 is 0 Å². The van der Waals surface area contributed by atoms with Crippen LogP contribution in [0.2, 0.25) is 0 Å². The first-order valence-corrected chi connectivity index (χ1v) is 11.3. The Kier molecular flexibility index (Phi) is 3.13. The van der Waals surface area contributed by atoms with Crippen LogP contribution in [0.5, 0.6) is 0 Å². The predicted molar refractivity (Wildman–Crippen MR) is 102 cm³/mol. The molecule has 2 bridgehead atoms. The molecule has 0 amide bonds. The maximum atomic E-state index is 2.70. The fourth-order valence-corrected chi connectivity index (χ4v) is 9.79. The lowest BCUT2D eigenvalue weighted by Crippen LogP contribution is -2.71. The average molecular weight is 329 g/mol. The first-order valence-electron chi connectivity index (χ1n) is 11.3. The number of rotatable bonds is 3. The monoisotopic (exact) mass is 328 g/mol. The van der Waals surface area contributed by atoms with Gasteiger partial charge in [-0.3, -0.25) is 0 Å². The summed E-state index contributed by atoms with van der Waals surface area (Å²) in [7, 11) is 0. The highest BCUT2D eigenvalue weighted by Gasteiger charge is 2.74. The summed E-state index contributed by atoms with van der Waals surface area (Å²) in [5, 5.41) is 0. The Morgan fingerprint density at radius 2 is 1.54 bits per heavy atom. The Bertz CT molecular complexity index is 548. The topological polar surface area (TPSA) is 0 Å². The molecule has 0 aromatic carbocycles. The summed E-state index contributed by atoms with van der Waals surface area (Å²) in [6.07, 6.45) is 11.0. The maximum Gasteiger partial charge on any atom is -0.0234 e. The lowest BCUT2D eigenvalue weighted by Gasteiger charge is -2.77. The fourth-order valence-electron chi connectivity index (χ4n) is 9.79. The Hall–Kier alpha value is 0. The standard InChI is InChI=1S/C24H40/c1-14(2)18-7-8-22(18,6)21-17(5)24-10-9-23(13-20(21)24,16(4)12-24)19-11-15(19)3/h14-21H,7-13H2,1-6H3. The second-order valence-electron chi connectivity index (χ2n) is 11.9. The third kappa shape index (κ3) is 1.64. The quantitative estimate of drug-likeness (QED) is 0.535. The van der Waals surface area contributed by atoms with Crippen LogP contribution in [0.3, 0.4) is 0 Å². The number of fused-ring (bicyclic) bond motifs is 2. The van der Waals surface area contributed by atoms with E-state index in [9.17, 15) is 0 Å². The highest BCUT2D eigenvalue weighted by Crippen LogP contribution is 2.81. The van der Waals surface area contributed by atoms with Gasteiger partial charge in [-0.1, -0.05) is 41.5 Å². The highest BCUT2D eigenvalue weighted by molar-refractivity contribution is 5.23. The normalized spacial score (nSPS) is 64.4. The van der Waals surface area contributed by atoms with Crippen molar-refractivity contribution in [1.29, 1.82) is 0 Å². The molecule has 0 heterocycles. The van der Waals surface area contributed by atoms with Gasteiger partial charge in [0.2, 0.25) is 0 Å². The van der Waals surface area contributed by atoms with Crippen molar-refractivity contribution in [2.75, 3.05) is 0 Å². The summed E-state index contributed by atoms with van der Waals surface area (Å²) in [5.41, 5.74) is 2.21. The minimum Gasteiger partial charge on any atom is -0.0625 e. The van der Waals surface area contributed by atoms with Gasteiger partial charge in [-0.2, -0.15) is 0 Å². The molecule has 0 nitrogen and oxygen atoms in total. The molecule has 10 unspecified atom stereocenters. The van der Waals surface area contributed by atoms with Crippen molar-refractivity contribution in [2.24, 2.45) is 63.6 Å². The van der Waals surface area contributed by atoms with Crippen LogP contribution in [-0.4, -0.2) is 0 Å². The van der Waals surface area contributed by atoms with E-state index in [-0.39, 0.29) is 0 Å². The largest absolute Gasteiger partial charge is 0.0625 e. The molecule has 0 aromatic heterocycles. The Labute approximate surface area is 150 Å². The third-order valence-electron chi connectivity index (χ3n) is 11.2. The lowest BCUT2D eigenvalue weighted by molar-refractivity contribution is -0.291. The molecule has 6 rings (SSSR count). The van der Waals surface area contributed by atoms with E-state index in [1.807, 2.05) is 0 Å². The van der Waals surface area contributed by atoms with Crippen molar-refractivity contribution >= 4 is 0 Å². The SMILES string of the molecule is CC(C)C1CCC1(C)C1C(C)C23CCC(C4CC4C)(CC12)C(C)C3. The maximum absolute atomic E-state index is 2.70. The number of hydrogen-bond donors (Lipinski definition) is 0. The van der Waals surface area contributed by atoms with Gasteiger partial charge in [0.1, 0.15) is 0 Å². The molecule has 6 aliphatic rings. The predicted octanol–water partition coefficient (Wildman–Crippen LogP) is 6.79. The van der Waals surface area contributed by atoms with E-state index in [2.05, 4.69) is 41.5 Å². The van der Waals surface area contributed by atoms with Gasteiger partial charge in [-0.15, -0.1) is 0 Å². The molecule has 6 fully saturated rings. The molecule has 0 heteroatoms. The zero-order chi connectivity index (χ0) is 17.1. The van der Waals surface area contributed by atoms with Gasteiger partial charge >= 0.3 is 0 Å². The minimum absolute atomic E-state index is 0.681. The number of hydrogen-bond acceptors (Lipinski definition) is 0. The molecule has 6 aliphatic carbocycles. The van der Waals surface area contributed by atoms with Gasteiger partial charge < -0.3 is 0 Å². The summed E-state index contributed by atoms with van der Waals surface area (Å²) in [6.45, 7) is 15.5. The van der Waals surface area contributed by atoms with Crippen LogP contribution < -0.4 is 0 Å². The molecular weight excluding hydrogens is 288 g/mol. The van der Waals surface area contributed by atoms with E-state index < -0.39 is 0 Å². The average Bonchev–Trinajstić information content (AvgIpc) is 3.24. The van der Waals surface area contributed by atoms with Crippen LogP contribution >= 0.6 is 0 Å². The fraction of sp³-hybridized carbons (Fsp3) is 1.00. The van der Waals surface area contributed by atoms with Crippen molar-refractivity contribution < 1.29 is 0 Å². The van der Waals surface area contributed by atoms with E-state index in [0.29, 0.717) is 5.41 Å². The van der Waals surface area contributed by atoms with E-state index in [1.54, 1.807) is 32.1 Å². The van der Waals surface area contributed by atoms with Crippen LogP contribution in [-0.2, 0) is 0 Å². The summed E-state index contributed by atoms with van der Waals surface area (Å²) in [6, 6.07) is 0. The smallest absolute Gasteiger partial charge is 0.0234 e. The molecule has 0 aliphatic heterocycles. The molecule has 0 saturated heterocycles. The van der Waals surface area contributed by atoms with E-state index in [4.69, 9.17) is 0 Å². The summed E-state index contributed by atoms with van der Waals surface area (Å²) >= 11 is 0. The first kappa shape index (κ1) is 16.2. The minimum atomic E-state index is 0.681. The Morgan fingerprint density at radius 1 is 0.875 bits per heavy atom. The van der Waals surface area contributed by atoms with Crippen LogP contribution in [0, 0.1) is 63.6 Å². The molecule has 0 N–H and O–H groups in total. The van der Waals surface area contributed by atoms with Gasteiger partial charge in [0, 0.05) is 0 Å². The molecule has 0 radical (unpaired) electrons. The van der Waals surface area contributed by atoms with Crippen LogP contribution in [0.15, 0.2) is 0 Å². The zero-order valence-electron chi connectivity index (χ0n) is 17.1. The van der Waals surface area contributed by atoms with Crippen LogP contribution in [0.4, 0.5) is 0 Å². The summed E-state index contributed by atoms with van der Waals surface area (Å²) in [4.78, 5) is 0. The van der Waals surface area contributed by atoms with Gasteiger partial charge in [0.05, 0.1) is 0 Å². The molecular formula is C24H40. The van der Waals surface area contributed by atoms with Crippen molar-refractivity contribution in [2.45, 2.75) is 86.5 Å². The molecule has 136 valence electrons. The van der Waals surface area contributed by atoms with Crippen molar-refractivity contribution in [1.82, 2.24) is 0 Å². The summed E-state index contributed by atoms with van der Waals surface area (Å²) in [5.74, 6) is 8.20. The van der Waals surface area contributed by atoms with E-state index in [1.165, 1.54) is 12.8 Å². The van der Waals surface area contributed by atoms with Gasteiger partial charge in [0.15, 0.2) is 0 Å². The van der Waals surface area contributed by atoms with Crippen molar-refractivity contribution in [3.05, 3.63) is 0 Å². The molecule has 1 spiro atoms. The molecule has 6 saturated carbocycles. The highest BCUT2D eigenvalue weighted by atomic mass is 14.8. The second kappa shape index (κ2) is 4.64. The Balaban J connectivity index is 1.46. The van der Waals surface area contributed by atoms with Gasteiger partial charge in [-0.05, 0) is 109 Å². The molecule has 24 heavy (non-hydrogen) atoms. The van der Waals surface area contributed by atoms with Crippen molar-refractivity contribution in [3.8, 4) is 0 Å². The summed E-state index contributed by atoms with van der Waals surface area (Å²) < 4.78 is 0.